The van der Waals surface area contributed by atoms with Gasteiger partial charge in [0.2, 0.25) is 25.1 Å². The highest BCUT2D eigenvalue weighted by Gasteiger charge is 2.42. The van der Waals surface area contributed by atoms with Crippen LogP contribution >= 0.6 is 0 Å². The normalized spacial score (nSPS) is 19.8. The number of hydrogen-bond acceptors (Lipinski definition) is 9. The molecule has 0 bridgehead atoms. The monoisotopic (exact) mass is 411 g/mol. The van der Waals surface area contributed by atoms with Crippen LogP contribution in [0, 0.1) is 0 Å². The zero-order valence-electron chi connectivity index (χ0n) is 16.2. The molecule has 6 rings (SSSR count). The number of fused-ring (bicyclic) bond motifs is 3. The van der Waals surface area contributed by atoms with E-state index in [0.717, 1.165) is 11.3 Å². The summed E-state index contributed by atoms with van der Waals surface area (Å²) >= 11 is 0. The molecular formula is C21H17NO8. The van der Waals surface area contributed by atoms with Gasteiger partial charge < -0.3 is 38.5 Å². The van der Waals surface area contributed by atoms with Crippen molar-refractivity contribution in [3.8, 4) is 34.5 Å². The van der Waals surface area contributed by atoms with Gasteiger partial charge in [-0.1, -0.05) is 0 Å². The van der Waals surface area contributed by atoms with E-state index in [1.807, 2.05) is 18.2 Å². The molecule has 0 saturated carbocycles. The highest BCUT2D eigenvalue weighted by atomic mass is 16.7. The maximum atomic E-state index is 12.7. The maximum absolute atomic E-state index is 12.7. The SMILES string of the molecule is COc1c(C2C3=C(COC3=O)Nc3cc4c(cc32)OCO4)cc2c(c1OC)OCO2. The molecule has 0 saturated heterocycles. The number of esters is 1. The number of hydrogen-bond donors (Lipinski definition) is 1. The molecule has 0 spiro atoms. The highest BCUT2D eigenvalue weighted by molar-refractivity contribution is 5.98. The van der Waals surface area contributed by atoms with Gasteiger partial charge in [-0.15, -0.1) is 0 Å². The second kappa shape index (κ2) is 6.12. The Morgan fingerprint density at radius 3 is 2.37 bits per heavy atom. The van der Waals surface area contributed by atoms with E-state index in [1.54, 1.807) is 7.11 Å². The topological polar surface area (TPSA) is 93.7 Å². The van der Waals surface area contributed by atoms with Gasteiger partial charge in [0.1, 0.15) is 6.61 Å². The second-order valence-electron chi connectivity index (χ2n) is 7.09. The van der Waals surface area contributed by atoms with E-state index in [2.05, 4.69) is 5.32 Å². The summed E-state index contributed by atoms with van der Waals surface area (Å²) in [5.74, 6) is 2.26. The quantitative estimate of drug-likeness (QED) is 0.765. The Morgan fingerprint density at radius 1 is 0.867 bits per heavy atom. The van der Waals surface area contributed by atoms with E-state index >= 15 is 0 Å². The van der Waals surface area contributed by atoms with Crippen LogP contribution < -0.4 is 33.7 Å². The summed E-state index contributed by atoms with van der Waals surface area (Å²) in [6.07, 6.45) is 0. The number of ether oxygens (including phenoxy) is 7. The Labute approximate surface area is 171 Å². The molecule has 1 atom stereocenters. The van der Waals surface area contributed by atoms with Crippen LogP contribution in [0.5, 0.6) is 34.5 Å². The summed E-state index contributed by atoms with van der Waals surface area (Å²) in [4.78, 5) is 12.7. The molecule has 4 aliphatic heterocycles. The summed E-state index contributed by atoms with van der Waals surface area (Å²) < 4.78 is 38.9. The predicted molar refractivity (Wildman–Crippen MR) is 102 cm³/mol. The molecular weight excluding hydrogens is 394 g/mol. The van der Waals surface area contributed by atoms with E-state index in [4.69, 9.17) is 33.2 Å². The standard InChI is InChI=1S/C21H17NO8/c1-24-18-10(4-15-19(20(18)25-2)30-8-29-15)16-9-3-13-14(28-7-27-13)5-11(9)22-12-6-26-21(23)17(12)16/h3-5,16,22H,6-8H2,1-2H3. The van der Waals surface area contributed by atoms with E-state index in [0.29, 0.717) is 51.3 Å². The first-order valence-electron chi connectivity index (χ1n) is 9.34. The lowest BCUT2D eigenvalue weighted by Crippen LogP contribution is -2.20. The average Bonchev–Trinajstić information content (AvgIpc) is 3.49. The van der Waals surface area contributed by atoms with Crippen LogP contribution in [0.25, 0.3) is 0 Å². The number of nitrogens with one attached hydrogen (secondary N) is 1. The van der Waals surface area contributed by atoms with Crippen molar-refractivity contribution >= 4 is 11.7 Å². The minimum atomic E-state index is -0.487. The Kier molecular flexibility index (Phi) is 3.50. The van der Waals surface area contributed by atoms with Crippen molar-refractivity contribution in [2.24, 2.45) is 0 Å². The van der Waals surface area contributed by atoms with Crippen molar-refractivity contribution in [3.63, 3.8) is 0 Å². The summed E-state index contributed by atoms with van der Waals surface area (Å²) in [6.45, 7) is 0.400. The molecule has 1 unspecified atom stereocenters. The van der Waals surface area contributed by atoms with Crippen LogP contribution in [-0.4, -0.2) is 40.4 Å². The smallest absolute Gasteiger partial charge is 0.337 e. The fraction of sp³-hybridized carbons (Fsp3) is 0.286. The number of carbonyl (C=O) groups is 1. The molecule has 0 radical (unpaired) electrons. The molecule has 2 aromatic carbocycles. The predicted octanol–water partition coefficient (Wildman–Crippen LogP) is 2.53. The summed E-state index contributed by atoms with van der Waals surface area (Å²) in [5, 5.41) is 3.31. The summed E-state index contributed by atoms with van der Waals surface area (Å²) in [5.41, 5.74) is 3.55. The van der Waals surface area contributed by atoms with Gasteiger partial charge >= 0.3 is 5.97 Å². The molecule has 0 fully saturated rings. The third-order valence-corrected chi connectivity index (χ3v) is 5.64. The third kappa shape index (κ3) is 2.20. The van der Waals surface area contributed by atoms with E-state index in [1.165, 1.54) is 7.11 Å². The molecule has 0 amide bonds. The van der Waals surface area contributed by atoms with Crippen molar-refractivity contribution in [3.05, 3.63) is 40.6 Å². The number of rotatable bonds is 3. The van der Waals surface area contributed by atoms with Crippen LogP contribution in [0.15, 0.2) is 29.5 Å². The van der Waals surface area contributed by atoms with Gasteiger partial charge in [-0.2, -0.15) is 0 Å². The first-order valence-corrected chi connectivity index (χ1v) is 9.34. The number of cyclic esters (lactones) is 1. The van der Waals surface area contributed by atoms with Crippen molar-refractivity contribution in [1.82, 2.24) is 0 Å². The molecule has 1 N–H and O–H groups in total. The lowest BCUT2D eigenvalue weighted by molar-refractivity contribution is -0.136. The Morgan fingerprint density at radius 2 is 1.57 bits per heavy atom. The van der Waals surface area contributed by atoms with Crippen LogP contribution in [0.1, 0.15) is 17.0 Å². The van der Waals surface area contributed by atoms with Crippen LogP contribution in [0.3, 0.4) is 0 Å². The second-order valence-corrected chi connectivity index (χ2v) is 7.09. The molecule has 2 aromatic rings. The molecule has 0 aliphatic carbocycles. The Balaban J connectivity index is 1.63. The average molecular weight is 411 g/mol. The van der Waals surface area contributed by atoms with Crippen molar-refractivity contribution in [2.45, 2.75) is 5.92 Å². The first-order chi connectivity index (χ1) is 14.7. The fourth-order valence-electron chi connectivity index (χ4n) is 4.38. The number of anilines is 1. The lowest BCUT2D eigenvalue weighted by atomic mass is 9.80. The van der Waals surface area contributed by atoms with Crippen LogP contribution in [0.2, 0.25) is 0 Å². The zero-order valence-corrected chi connectivity index (χ0v) is 16.2. The molecule has 4 aliphatic rings. The minimum Gasteiger partial charge on any atom is -0.492 e. The van der Waals surface area contributed by atoms with Gasteiger partial charge in [0.05, 0.1) is 25.5 Å². The first kappa shape index (κ1) is 17.1. The Bertz CT molecular complexity index is 1140. The van der Waals surface area contributed by atoms with Crippen LogP contribution in [-0.2, 0) is 9.53 Å². The Hall–Kier alpha value is -3.75. The molecule has 154 valence electrons. The molecule has 4 heterocycles. The molecule has 0 aromatic heterocycles. The van der Waals surface area contributed by atoms with Crippen molar-refractivity contribution in [2.75, 3.05) is 39.7 Å². The third-order valence-electron chi connectivity index (χ3n) is 5.64. The maximum Gasteiger partial charge on any atom is 0.337 e. The highest BCUT2D eigenvalue weighted by Crippen LogP contribution is 2.56. The van der Waals surface area contributed by atoms with Gasteiger partial charge in [-0.05, 0) is 17.7 Å². The molecule has 9 heteroatoms. The summed E-state index contributed by atoms with van der Waals surface area (Å²) in [6, 6.07) is 5.57. The van der Waals surface area contributed by atoms with E-state index in [9.17, 15) is 4.79 Å². The number of carbonyl (C=O) groups excluding carboxylic acids is 1. The lowest BCUT2D eigenvalue weighted by Gasteiger charge is -2.29. The largest absolute Gasteiger partial charge is 0.492 e. The zero-order chi connectivity index (χ0) is 20.4. The van der Waals surface area contributed by atoms with E-state index < -0.39 is 5.92 Å². The minimum absolute atomic E-state index is 0.0792. The van der Waals surface area contributed by atoms with Gasteiger partial charge in [-0.3, -0.25) is 0 Å². The summed E-state index contributed by atoms with van der Waals surface area (Å²) in [7, 11) is 3.08. The fourth-order valence-corrected chi connectivity index (χ4v) is 4.38. The van der Waals surface area contributed by atoms with Gasteiger partial charge in [-0.25, -0.2) is 4.79 Å². The van der Waals surface area contributed by atoms with Crippen molar-refractivity contribution < 1.29 is 38.0 Å². The number of methoxy groups -OCH3 is 2. The van der Waals surface area contributed by atoms with Gasteiger partial charge in [0.25, 0.3) is 0 Å². The van der Waals surface area contributed by atoms with Gasteiger partial charge in [0, 0.05) is 23.2 Å². The van der Waals surface area contributed by atoms with Gasteiger partial charge in [0.15, 0.2) is 23.0 Å². The van der Waals surface area contributed by atoms with Crippen molar-refractivity contribution in [1.29, 1.82) is 0 Å². The number of benzene rings is 2. The molecule has 30 heavy (non-hydrogen) atoms. The van der Waals surface area contributed by atoms with E-state index in [-0.39, 0.29) is 26.2 Å². The molecule has 9 nitrogen and oxygen atoms in total. The van der Waals surface area contributed by atoms with Crippen LogP contribution in [0.4, 0.5) is 5.69 Å².